The fourth-order valence-corrected chi connectivity index (χ4v) is 1.76. The molecule has 0 radical (unpaired) electrons. The maximum atomic E-state index is 11.9. The normalized spacial score (nSPS) is 18.1. The van der Waals surface area contributed by atoms with E-state index in [0.29, 0.717) is 6.42 Å². The molecule has 1 atom stereocenters. The third-order valence-electron chi connectivity index (χ3n) is 2.52. The third kappa shape index (κ3) is 2.29. The van der Waals surface area contributed by atoms with E-state index in [1.165, 1.54) is 0 Å². The minimum atomic E-state index is -2.51. The molecule has 1 aromatic rings. The summed E-state index contributed by atoms with van der Waals surface area (Å²) in [5.41, 5.74) is 1.94. The Morgan fingerprint density at radius 1 is 1.50 bits per heavy atom. The molecule has 2 N–H and O–H groups in total. The number of hydrogen-bond acceptors (Lipinski definition) is 2. The Hall–Kier alpha value is -1.65. The van der Waals surface area contributed by atoms with Crippen molar-refractivity contribution in [3.8, 4) is 0 Å². The number of rotatable bonds is 3. The molecule has 5 heteroatoms. The summed E-state index contributed by atoms with van der Waals surface area (Å²) < 4.78 is 23.8. The summed E-state index contributed by atoms with van der Waals surface area (Å²) in [6.45, 7) is -0.590. The van der Waals surface area contributed by atoms with Gasteiger partial charge in [0, 0.05) is 12.1 Å². The lowest BCUT2D eigenvalue weighted by atomic mass is 10.1. The fourth-order valence-electron chi connectivity index (χ4n) is 1.76. The summed E-state index contributed by atoms with van der Waals surface area (Å²) in [6.07, 6.45) is -1.96. The Kier molecular flexibility index (Phi) is 3.03. The summed E-state index contributed by atoms with van der Waals surface area (Å²) in [5.74, 6) is -0.378. The first-order valence-corrected chi connectivity index (χ1v) is 5.07. The van der Waals surface area contributed by atoms with E-state index in [-0.39, 0.29) is 5.91 Å². The Morgan fingerprint density at radius 2 is 2.25 bits per heavy atom. The van der Waals surface area contributed by atoms with Crippen molar-refractivity contribution in [3.05, 3.63) is 29.8 Å². The van der Waals surface area contributed by atoms with Gasteiger partial charge in [-0.1, -0.05) is 18.2 Å². The lowest BCUT2D eigenvalue weighted by Gasteiger charge is -2.11. The lowest BCUT2D eigenvalue weighted by Crippen LogP contribution is -2.40. The van der Waals surface area contributed by atoms with Crippen molar-refractivity contribution in [1.82, 2.24) is 5.32 Å². The molecule has 1 heterocycles. The molecule has 16 heavy (non-hydrogen) atoms. The Bertz CT molecular complexity index is 370. The van der Waals surface area contributed by atoms with Crippen LogP contribution in [0, 0.1) is 0 Å². The van der Waals surface area contributed by atoms with Crippen molar-refractivity contribution in [1.29, 1.82) is 0 Å². The molecule has 86 valence electrons. The number of fused-ring (bicyclic) bond motifs is 1. The number of carbonyl (C=O) groups is 1. The van der Waals surface area contributed by atoms with Crippen molar-refractivity contribution < 1.29 is 13.6 Å². The molecule has 0 spiro atoms. The van der Waals surface area contributed by atoms with Gasteiger partial charge in [0.15, 0.2) is 0 Å². The summed E-state index contributed by atoms with van der Waals surface area (Å²) in [5, 5.41) is 5.21. The molecule has 0 aromatic heterocycles. The highest BCUT2D eigenvalue weighted by Gasteiger charge is 2.26. The molecule has 0 fully saturated rings. The second kappa shape index (κ2) is 4.47. The maximum Gasteiger partial charge on any atom is 0.255 e. The number of carbonyl (C=O) groups excluding carboxylic acids is 1. The van der Waals surface area contributed by atoms with Gasteiger partial charge in [-0.2, -0.15) is 0 Å². The van der Waals surface area contributed by atoms with Gasteiger partial charge >= 0.3 is 0 Å². The number of para-hydroxylation sites is 1. The number of amides is 1. The van der Waals surface area contributed by atoms with E-state index < -0.39 is 19.0 Å². The van der Waals surface area contributed by atoms with Gasteiger partial charge in [-0.15, -0.1) is 0 Å². The summed E-state index contributed by atoms with van der Waals surface area (Å²) in [6, 6.07) is 7.11. The standard InChI is InChI=1S/C11H12F2N2O/c12-10(13)6-14-11(16)9-5-7-3-1-2-4-8(7)15-9/h1-4,9-10,15H,5-6H2,(H,14,16)/t9-/m0/s1. The summed E-state index contributed by atoms with van der Waals surface area (Å²) >= 11 is 0. The van der Waals surface area contributed by atoms with Crippen LogP contribution in [-0.2, 0) is 11.2 Å². The molecule has 1 aromatic carbocycles. The zero-order valence-corrected chi connectivity index (χ0v) is 8.54. The Labute approximate surface area is 91.8 Å². The lowest BCUT2D eigenvalue weighted by molar-refractivity contribution is -0.122. The van der Waals surface area contributed by atoms with E-state index in [1.807, 2.05) is 24.3 Å². The molecule has 0 bridgehead atoms. The van der Waals surface area contributed by atoms with E-state index in [2.05, 4.69) is 10.6 Å². The highest BCUT2D eigenvalue weighted by atomic mass is 19.3. The quantitative estimate of drug-likeness (QED) is 0.818. The van der Waals surface area contributed by atoms with Crippen LogP contribution in [0.3, 0.4) is 0 Å². The monoisotopic (exact) mass is 226 g/mol. The molecule has 2 rings (SSSR count). The average Bonchev–Trinajstić information content (AvgIpc) is 2.69. The van der Waals surface area contributed by atoms with Crippen LogP contribution in [0.5, 0.6) is 0 Å². The molecular formula is C11H12F2N2O. The zero-order valence-electron chi connectivity index (χ0n) is 8.54. The number of nitrogens with one attached hydrogen (secondary N) is 2. The molecule has 1 amide bonds. The van der Waals surface area contributed by atoms with Crippen molar-refractivity contribution in [2.24, 2.45) is 0 Å². The van der Waals surface area contributed by atoms with Crippen molar-refractivity contribution in [2.45, 2.75) is 18.9 Å². The van der Waals surface area contributed by atoms with Crippen LogP contribution >= 0.6 is 0 Å². The van der Waals surface area contributed by atoms with E-state index in [4.69, 9.17) is 0 Å². The number of benzene rings is 1. The van der Waals surface area contributed by atoms with Gasteiger partial charge in [-0.25, -0.2) is 8.78 Å². The Morgan fingerprint density at radius 3 is 2.94 bits per heavy atom. The second-order valence-corrected chi connectivity index (χ2v) is 3.69. The number of anilines is 1. The van der Waals surface area contributed by atoms with Crippen molar-refractivity contribution in [2.75, 3.05) is 11.9 Å². The van der Waals surface area contributed by atoms with Crippen molar-refractivity contribution in [3.63, 3.8) is 0 Å². The Balaban J connectivity index is 1.93. The van der Waals surface area contributed by atoms with Crippen LogP contribution in [0.1, 0.15) is 5.56 Å². The topological polar surface area (TPSA) is 41.1 Å². The SMILES string of the molecule is O=C(NCC(F)F)[C@@H]1Cc2ccccc2N1. The van der Waals surface area contributed by atoms with Crippen LogP contribution in [0.15, 0.2) is 24.3 Å². The van der Waals surface area contributed by atoms with Crippen LogP contribution in [0.25, 0.3) is 0 Å². The van der Waals surface area contributed by atoms with Crippen LogP contribution in [-0.4, -0.2) is 24.9 Å². The maximum absolute atomic E-state index is 11.9. The van der Waals surface area contributed by atoms with E-state index in [9.17, 15) is 13.6 Å². The predicted octanol–water partition coefficient (Wildman–Crippen LogP) is 1.40. The van der Waals surface area contributed by atoms with Gasteiger partial charge in [-0.3, -0.25) is 4.79 Å². The first-order chi connectivity index (χ1) is 7.66. The van der Waals surface area contributed by atoms with E-state index in [0.717, 1.165) is 11.3 Å². The van der Waals surface area contributed by atoms with Crippen LogP contribution < -0.4 is 10.6 Å². The van der Waals surface area contributed by atoms with Crippen LogP contribution in [0.4, 0.5) is 14.5 Å². The minimum Gasteiger partial charge on any atom is -0.373 e. The first kappa shape index (κ1) is 10.9. The fraction of sp³-hybridized carbons (Fsp3) is 0.364. The van der Waals surface area contributed by atoms with E-state index >= 15 is 0 Å². The highest BCUT2D eigenvalue weighted by molar-refractivity contribution is 5.87. The predicted molar refractivity (Wildman–Crippen MR) is 56.6 cm³/mol. The van der Waals surface area contributed by atoms with Gasteiger partial charge < -0.3 is 10.6 Å². The number of alkyl halides is 2. The molecular weight excluding hydrogens is 214 g/mol. The molecule has 0 unspecified atom stereocenters. The number of hydrogen-bond donors (Lipinski definition) is 2. The van der Waals surface area contributed by atoms with Gasteiger partial charge in [0.2, 0.25) is 5.91 Å². The van der Waals surface area contributed by atoms with Gasteiger partial charge in [0.25, 0.3) is 6.43 Å². The first-order valence-electron chi connectivity index (χ1n) is 5.07. The van der Waals surface area contributed by atoms with E-state index in [1.54, 1.807) is 0 Å². The van der Waals surface area contributed by atoms with Gasteiger partial charge in [0.05, 0.1) is 6.54 Å². The molecule has 0 saturated carbocycles. The molecule has 1 aliphatic heterocycles. The highest BCUT2D eigenvalue weighted by Crippen LogP contribution is 2.24. The minimum absolute atomic E-state index is 0.378. The molecule has 0 saturated heterocycles. The second-order valence-electron chi connectivity index (χ2n) is 3.69. The summed E-state index contributed by atoms with van der Waals surface area (Å²) in [7, 11) is 0. The van der Waals surface area contributed by atoms with Crippen LogP contribution in [0.2, 0.25) is 0 Å². The molecule has 3 nitrogen and oxygen atoms in total. The number of halogens is 2. The zero-order chi connectivity index (χ0) is 11.5. The molecule has 1 aliphatic rings. The van der Waals surface area contributed by atoms with Gasteiger partial charge in [-0.05, 0) is 11.6 Å². The molecule has 0 aliphatic carbocycles. The average molecular weight is 226 g/mol. The third-order valence-corrected chi connectivity index (χ3v) is 2.52. The van der Waals surface area contributed by atoms with Gasteiger partial charge in [0.1, 0.15) is 6.04 Å². The summed E-state index contributed by atoms with van der Waals surface area (Å²) in [4.78, 5) is 11.5. The largest absolute Gasteiger partial charge is 0.373 e. The smallest absolute Gasteiger partial charge is 0.255 e. The van der Waals surface area contributed by atoms with Crippen molar-refractivity contribution >= 4 is 11.6 Å².